The van der Waals surface area contributed by atoms with Crippen LogP contribution < -0.4 is 10.6 Å². The van der Waals surface area contributed by atoms with E-state index in [4.69, 9.17) is 27.9 Å². The Bertz CT molecular complexity index is 1020. The highest BCUT2D eigenvalue weighted by molar-refractivity contribution is 6.42. The number of urea groups is 2. The molecule has 1 saturated heterocycles. The van der Waals surface area contributed by atoms with Crippen LogP contribution in [0.2, 0.25) is 10.0 Å². The van der Waals surface area contributed by atoms with Crippen molar-refractivity contribution in [2.24, 2.45) is 0 Å². The van der Waals surface area contributed by atoms with Crippen molar-refractivity contribution in [3.8, 4) is 0 Å². The van der Waals surface area contributed by atoms with Crippen molar-refractivity contribution in [1.82, 2.24) is 25.3 Å². The topological polar surface area (TPSA) is 94.2 Å². The fourth-order valence-corrected chi connectivity index (χ4v) is 4.81. The van der Waals surface area contributed by atoms with Crippen LogP contribution in [0.4, 0.5) is 9.59 Å². The molecule has 11 heteroatoms. The molecule has 0 bridgehead atoms. The molecule has 0 saturated carbocycles. The van der Waals surface area contributed by atoms with Crippen LogP contribution in [0.5, 0.6) is 0 Å². The molecule has 9 nitrogen and oxygen atoms in total. The minimum absolute atomic E-state index is 0.0463. The highest BCUT2D eigenvalue weighted by Crippen LogP contribution is 2.37. The van der Waals surface area contributed by atoms with Crippen molar-refractivity contribution in [1.29, 1.82) is 0 Å². The van der Waals surface area contributed by atoms with Gasteiger partial charge in [-0.15, -0.1) is 0 Å². The van der Waals surface area contributed by atoms with Gasteiger partial charge in [0, 0.05) is 51.0 Å². The Morgan fingerprint density at radius 3 is 2.60 bits per heavy atom. The van der Waals surface area contributed by atoms with Crippen molar-refractivity contribution < 1.29 is 19.1 Å². The van der Waals surface area contributed by atoms with Crippen LogP contribution in [-0.4, -0.2) is 84.6 Å². The van der Waals surface area contributed by atoms with Crippen molar-refractivity contribution >= 4 is 41.2 Å². The molecule has 0 spiro atoms. The first-order valence-corrected chi connectivity index (χ1v) is 12.5. The summed E-state index contributed by atoms with van der Waals surface area (Å²) in [6, 6.07) is 3.84. The van der Waals surface area contributed by atoms with Gasteiger partial charge in [0.1, 0.15) is 0 Å². The van der Waals surface area contributed by atoms with Crippen LogP contribution in [0, 0.1) is 0 Å². The number of hydrogen-bond acceptors (Lipinski definition) is 5. The number of carbonyl (C=O) groups excluding carboxylic acids is 3. The second-order valence-electron chi connectivity index (χ2n) is 9.05. The maximum Gasteiger partial charge on any atom is 0.338 e. The van der Waals surface area contributed by atoms with E-state index in [2.05, 4.69) is 15.5 Å². The third kappa shape index (κ3) is 6.02. The first kappa shape index (κ1) is 27.1. The molecule has 3 rings (SSSR count). The predicted molar refractivity (Wildman–Crippen MR) is 135 cm³/mol. The molecule has 1 aromatic carbocycles. The molecular formula is C24H33Cl2N5O4. The van der Waals surface area contributed by atoms with E-state index in [0.717, 1.165) is 0 Å². The lowest BCUT2D eigenvalue weighted by molar-refractivity contribution is -0.139. The summed E-state index contributed by atoms with van der Waals surface area (Å²) in [5.74, 6) is -0.529. The molecule has 1 aromatic rings. The van der Waals surface area contributed by atoms with Gasteiger partial charge in [-0.1, -0.05) is 35.3 Å². The van der Waals surface area contributed by atoms with Crippen molar-refractivity contribution in [3.63, 3.8) is 0 Å². The highest BCUT2D eigenvalue weighted by atomic mass is 35.5. The van der Waals surface area contributed by atoms with Gasteiger partial charge in [0.05, 0.1) is 28.3 Å². The Morgan fingerprint density at radius 1 is 1.26 bits per heavy atom. The fourth-order valence-electron chi connectivity index (χ4n) is 4.39. The van der Waals surface area contributed by atoms with E-state index in [-0.39, 0.29) is 35.8 Å². The molecule has 0 aliphatic carbocycles. The summed E-state index contributed by atoms with van der Waals surface area (Å²) >= 11 is 12.7. The van der Waals surface area contributed by atoms with Crippen molar-refractivity contribution in [3.05, 3.63) is 45.1 Å². The number of hydrogen-bond donors (Lipinski definition) is 2. The number of ether oxygens (including phenoxy) is 1. The average Bonchev–Trinajstić information content (AvgIpc) is 2.78. The quantitative estimate of drug-likeness (QED) is 0.553. The fraction of sp³-hybridized carbons (Fsp3) is 0.542. The average molecular weight is 526 g/mol. The standard InChI is InChI=1S/C24H33Cl2N5O4/c1-6-35-22(32)19-18(13-30-10-11-31(15(4)12-30)24(34)27-14(2)3)29(5)23(33)28-21(19)16-8-7-9-17(25)20(16)26/h7-9,14-15,21H,6,10-13H2,1-5H3,(H,27,34)(H,28,33)/t15-,21-/m0/s1. The number of rotatable bonds is 6. The Morgan fingerprint density at radius 2 is 1.97 bits per heavy atom. The van der Waals surface area contributed by atoms with E-state index >= 15 is 0 Å². The molecule has 35 heavy (non-hydrogen) atoms. The van der Waals surface area contributed by atoms with Gasteiger partial charge < -0.3 is 20.3 Å². The lowest BCUT2D eigenvalue weighted by Crippen LogP contribution is -2.58. The molecule has 2 N–H and O–H groups in total. The van der Waals surface area contributed by atoms with Gasteiger partial charge in [-0.05, 0) is 39.3 Å². The SMILES string of the molecule is CCOC(=O)C1=C(CN2CCN(C(=O)NC(C)C)[C@@H](C)C2)N(C)C(=O)N[C@H]1c1cccc(Cl)c1Cl. The van der Waals surface area contributed by atoms with Crippen LogP contribution >= 0.6 is 23.2 Å². The summed E-state index contributed by atoms with van der Waals surface area (Å²) in [6.45, 7) is 9.79. The van der Waals surface area contributed by atoms with Gasteiger partial charge in [-0.3, -0.25) is 9.80 Å². The van der Waals surface area contributed by atoms with E-state index in [1.165, 1.54) is 4.90 Å². The molecule has 0 radical (unpaired) electrons. The molecule has 0 aromatic heterocycles. The lowest BCUT2D eigenvalue weighted by atomic mass is 9.94. The Balaban J connectivity index is 1.94. The van der Waals surface area contributed by atoms with Crippen LogP contribution in [0.3, 0.4) is 0 Å². The van der Waals surface area contributed by atoms with Gasteiger partial charge in [0.2, 0.25) is 0 Å². The summed E-state index contributed by atoms with van der Waals surface area (Å²) < 4.78 is 5.38. The van der Waals surface area contributed by atoms with Gasteiger partial charge in [-0.25, -0.2) is 14.4 Å². The number of amides is 4. The molecule has 2 atom stereocenters. The lowest BCUT2D eigenvalue weighted by Gasteiger charge is -2.42. The van der Waals surface area contributed by atoms with Crippen LogP contribution in [0.25, 0.3) is 0 Å². The van der Waals surface area contributed by atoms with E-state index in [1.807, 2.05) is 25.7 Å². The summed E-state index contributed by atoms with van der Waals surface area (Å²) in [4.78, 5) is 44.0. The zero-order valence-electron chi connectivity index (χ0n) is 20.7. The molecular weight excluding hydrogens is 493 g/mol. The van der Waals surface area contributed by atoms with Crippen LogP contribution in [0.1, 0.15) is 39.3 Å². The third-order valence-corrected chi connectivity index (χ3v) is 6.96. The molecule has 4 amide bonds. The van der Waals surface area contributed by atoms with Gasteiger partial charge in [-0.2, -0.15) is 0 Å². The maximum atomic E-state index is 13.2. The van der Waals surface area contributed by atoms with E-state index < -0.39 is 12.0 Å². The first-order valence-electron chi connectivity index (χ1n) is 11.7. The largest absolute Gasteiger partial charge is 0.463 e. The van der Waals surface area contributed by atoms with E-state index in [9.17, 15) is 14.4 Å². The van der Waals surface area contributed by atoms with Crippen molar-refractivity contribution in [2.45, 2.75) is 45.8 Å². The number of carbonyl (C=O) groups is 3. The van der Waals surface area contributed by atoms with Gasteiger partial charge in [0.25, 0.3) is 0 Å². The van der Waals surface area contributed by atoms with Crippen molar-refractivity contribution in [2.75, 3.05) is 39.8 Å². The zero-order chi connectivity index (χ0) is 25.9. The van der Waals surface area contributed by atoms with Crippen LogP contribution in [-0.2, 0) is 9.53 Å². The number of piperazine rings is 1. The number of benzene rings is 1. The number of halogens is 2. The second kappa shape index (κ2) is 11.5. The van der Waals surface area contributed by atoms with Gasteiger partial charge >= 0.3 is 18.0 Å². The van der Waals surface area contributed by atoms with E-state index in [1.54, 1.807) is 32.2 Å². The highest BCUT2D eigenvalue weighted by Gasteiger charge is 2.39. The molecule has 2 aliphatic heterocycles. The zero-order valence-corrected chi connectivity index (χ0v) is 22.2. The second-order valence-corrected chi connectivity index (χ2v) is 9.83. The molecule has 2 aliphatic rings. The summed E-state index contributed by atoms with van der Waals surface area (Å²) in [5, 5.41) is 6.39. The minimum Gasteiger partial charge on any atom is -0.463 e. The Labute approximate surface area is 216 Å². The molecule has 1 fully saturated rings. The van der Waals surface area contributed by atoms with Crippen LogP contribution in [0.15, 0.2) is 29.5 Å². The number of esters is 1. The molecule has 2 heterocycles. The Kier molecular flexibility index (Phi) is 8.90. The van der Waals surface area contributed by atoms with E-state index in [0.29, 0.717) is 48.0 Å². The number of nitrogens with zero attached hydrogens (tertiary/aromatic N) is 3. The predicted octanol–water partition coefficient (Wildman–Crippen LogP) is 3.63. The maximum absolute atomic E-state index is 13.2. The summed E-state index contributed by atoms with van der Waals surface area (Å²) in [6.07, 6.45) is 0. The molecule has 0 unspecified atom stereocenters. The van der Waals surface area contributed by atoms with Gasteiger partial charge in [0.15, 0.2) is 0 Å². The minimum atomic E-state index is -0.811. The third-order valence-electron chi connectivity index (χ3n) is 6.12. The number of nitrogens with one attached hydrogen (secondary N) is 2. The summed E-state index contributed by atoms with van der Waals surface area (Å²) in [7, 11) is 1.62. The molecule has 192 valence electrons. The first-order chi connectivity index (χ1) is 16.5. The normalized spacial score (nSPS) is 21.3. The number of likely N-dealkylation sites (N-methyl/N-ethyl adjacent to an activating group) is 1. The monoisotopic (exact) mass is 525 g/mol. The summed E-state index contributed by atoms with van der Waals surface area (Å²) in [5.41, 5.74) is 1.36. The smallest absolute Gasteiger partial charge is 0.338 e. The Hall–Kier alpha value is -2.49.